The summed E-state index contributed by atoms with van der Waals surface area (Å²) in [5.41, 5.74) is -0.0933. The van der Waals surface area contributed by atoms with Crippen molar-refractivity contribution in [2.45, 2.75) is 64.5 Å². The van der Waals surface area contributed by atoms with E-state index >= 15 is 0 Å². The lowest BCUT2D eigenvalue weighted by Crippen LogP contribution is -2.36. The van der Waals surface area contributed by atoms with Gasteiger partial charge in [-0.1, -0.05) is 30.9 Å². The highest BCUT2D eigenvalue weighted by Gasteiger charge is 2.39. The number of hydrogen-bond donors (Lipinski definition) is 1. The molecular formula is C14H23ClN2O. The van der Waals surface area contributed by atoms with E-state index in [4.69, 9.17) is 11.6 Å². The molecule has 1 aromatic heterocycles. The minimum absolute atomic E-state index is 0.211. The van der Waals surface area contributed by atoms with Crippen molar-refractivity contribution in [1.82, 2.24) is 9.78 Å². The molecule has 0 saturated heterocycles. The monoisotopic (exact) mass is 270 g/mol. The van der Waals surface area contributed by atoms with Crippen LogP contribution in [0.3, 0.4) is 0 Å². The van der Waals surface area contributed by atoms with E-state index in [0.717, 1.165) is 18.5 Å². The van der Waals surface area contributed by atoms with Crippen LogP contribution in [-0.4, -0.2) is 14.9 Å². The molecule has 1 aromatic rings. The summed E-state index contributed by atoms with van der Waals surface area (Å²) in [5, 5.41) is 15.8. The first-order valence-electron chi connectivity index (χ1n) is 6.90. The van der Waals surface area contributed by atoms with E-state index in [-0.39, 0.29) is 12.0 Å². The molecule has 1 atom stereocenters. The van der Waals surface area contributed by atoms with Crippen LogP contribution in [0.15, 0.2) is 6.20 Å². The predicted octanol–water partition coefficient (Wildman–Crippen LogP) is 3.91. The van der Waals surface area contributed by atoms with Crippen molar-refractivity contribution in [3.8, 4) is 0 Å². The van der Waals surface area contributed by atoms with Crippen molar-refractivity contribution in [2.75, 3.05) is 0 Å². The van der Waals surface area contributed by atoms with Crippen LogP contribution in [0.1, 0.15) is 64.6 Å². The Hall–Kier alpha value is -0.540. The van der Waals surface area contributed by atoms with Gasteiger partial charge in [-0.05, 0) is 39.5 Å². The largest absolute Gasteiger partial charge is 0.384 e. The second-order valence-corrected chi connectivity index (χ2v) is 6.27. The summed E-state index contributed by atoms with van der Waals surface area (Å²) in [4.78, 5) is 0. The number of hydrogen-bond acceptors (Lipinski definition) is 2. The highest BCUT2D eigenvalue weighted by molar-refractivity contribution is 6.31. The molecule has 3 nitrogen and oxygen atoms in total. The summed E-state index contributed by atoms with van der Waals surface area (Å²) >= 11 is 6.25. The van der Waals surface area contributed by atoms with Gasteiger partial charge in [0.05, 0.1) is 16.9 Å². The first-order valence-corrected chi connectivity index (χ1v) is 7.28. The van der Waals surface area contributed by atoms with Crippen LogP contribution >= 0.6 is 11.6 Å². The number of nitrogens with zero attached hydrogens (tertiary/aromatic N) is 2. The first-order chi connectivity index (χ1) is 8.44. The van der Waals surface area contributed by atoms with Gasteiger partial charge in [-0.15, -0.1) is 0 Å². The molecule has 1 N–H and O–H groups in total. The number of aliphatic hydroxyl groups is 1. The zero-order valence-corrected chi connectivity index (χ0v) is 12.2. The van der Waals surface area contributed by atoms with E-state index < -0.39 is 5.60 Å². The molecule has 102 valence electrons. The van der Waals surface area contributed by atoms with Crippen LogP contribution in [-0.2, 0) is 5.60 Å². The molecule has 4 heteroatoms. The lowest BCUT2D eigenvalue weighted by Gasteiger charge is -2.36. The van der Waals surface area contributed by atoms with Gasteiger partial charge < -0.3 is 5.11 Å². The second-order valence-electron chi connectivity index (χ2n) is 5.86. The number of halogens is 1. The van der Waals surface area contributed by atoms with Crippen molar-refractivity contribution in [3.05, 3.63) is 16.9 Å². The third-order valence-corrected chi connectivity index (χ3v) is 4.40. The predicted molar refractivity (Wildman–Crippen MR) is 73.8 cm³/mol. The third-order valence-electron chi connectivity index (χ3n) is 4.12. The van der Waals surface area contributed by atoms with Gasteiger partial charge in [0.15, 0.2) is 0 Å². The van der Waals surface area contributed by atoms with Crippen molar-refractivity contribution in [3.63, 3.8) is 0 Å². The van der Waals surface area contributed by atoms with Crippen molar-refractivity contribution >= 4 is 11.6 Å². The summed E-state index contributed by atoms with van der Waals surface area (Å²) in [5.74, 6) is 0.290. The van der Waals surface area contributed by atoms with Gasteiger partial charge >= 0.3 is 0 Å². The third kappa shape index (κ3) is 2.43. The zero-order valence-electron chi connectivity index (χ0n) is 11.5. The molecule has 0 aromatic carbocycles. The molecule has 1 heterocycles. The molecule has 1 saturated carbocycles. The summed E-state index contributed by atoms with van der Waals surface area (Å²) in [6.07, 6.45) is 7.49. The second kappa shape index (κ2) is 5.22. The molecule has 1 aliphatic carbocycles. The fraction of sp³-hybridized carbons (Fsp3) is 0.786. The van der Waals surface area contributed by atoms with E-state index in [2.05, 4.69) is 18.9 Å². The SMILES string of the molecule is CC(C)n1ncc(Cl)c1C(C)(O)C1CCCCC1. The molecule has 0 bridgehead atoms. The van der Waals surface area contributed by atoms with Crippen molar-refractivity contribution < 1.29 is 5.11 Å². The molecular weight excluding hydrogens is 248 g/mol. The quantitative estimate of drug-likeness (QED) is 0.904. The Labute approximate surface area is 114 Å². The molecule has 0 amide bonds. The van der Waals surface area contributed by atoms with Crippen molar-refractivity contribution in [2.24, 2.45) is 5.92 Å². The standard InChI is InChI=1S/C14H23ClN2O/c1-10(2)17-13(12(15)9-16-17)14(3,18)11-7-5-4-6-8-11/h9-11,18H,4-8H2,1-3H3. The van der Waals surface area contributed by atoms with Gasteiger partial charge in [0.1, 0.15) is 5.60 Å². The Bertz CT molecular complexity index is 406. The summed E-state index contributed by atoms with van der Waals surface area (Å²) in [6.45, 7) is 6.01. The smallest absolute Gasteiger partial charge is 0.108 e. The molecule has 0 radical (unpaired) electrons. The molecule has 0 spiro atoms. The number of aromatic nitrogens is 2. The molecule has 2 rings (SSSR count). The normalized spacial score (nSPS) is 21.2. The van der Waals surface area contributed by atoms with Gasteiger partial charge in [-0.3, -0.25) is 4.68 Å². The number of rotatable bonds is 3. The lowest BCUT2D eigenvalue weighted by atomic mass is 9.76. The summed E-state index contributed by atoms with van der Waals surface area (Å²) in [7, 11) is 0. The fourth-order valence-electron chi connectivity index (χ4n) is 3.06. The Kier molecular flexibility index (Phi) is 4.02. The van der Waals surface area contributed by atoms with E-state index in [1.54, 1.807) is 6.20 Å². The van der Waals surface area contributed by atoms with Crippen LogP contribution in [0.25, 0.3) is 0 Å². The Morgan fingerprint density at radius 1 is 1.39 bits per heavy atom. The van der Waals surface area contributed by atoms with Gasteiger partial charge in [0.25, 0.3) is 0 Å². The Morgan fingerprint density at radius 2 is 2.00 bits per heavy atom. The van der Waals surface area contributed by atoms with E-state index in [9.17, 15) is 5.11 Å². The van der Waals surface area contributed by atoms with E-state index in [1.165, 1.54) is 19.3 Å². The maximum atomic E-state index is 11.0. The van der Waals surface area contributed by atoms with Crippen molar-refractivity contribution in [1.29, 1.82) is 0 Å². The zero-order chi connectivity index (χ0) is 13.3. The highest BCUT2D eigenvalue weighted by Crippen LogP contribution is 2.42. The van der Waals surface area contributed by atoms with Crippen LogP contribution < -0.4 is 0 Å². The Balaban J connectivity index is 2.36. The maximum Gasteiger partial charge on any atom is 0.108 e. The van der Waals surface area contributed by atoms with Crippen LogP contribution in [0, 0.1) is 5.92 Å². The van der Waals surface area contributed by atoms with E-state index in [1.807, 2.05) is 11.6 Å². The molecule has 1 fully saturated rings. The summed E-state index contributed by atoms with van der Waals surface area (Å²) < 4.78 is 1.86. The molecule has 0 aliphatic heterocycles. The average Bonchev–Trinajstić information content (AvgIpc) is 2.73. The molecule has 1 unspecified atom stereocenters. The van der Waals surface area contributed by atoms with E-state index in [0.29, 0.717) is 5.02 Å². The minimum Gasteiger partial charge on any atom is -0.384 e. The topological polar surface area (TPSA) is 38.0 Å². The van der Waals surface area contributed by atoms with Gasteiger partial charge in [-0.2, -0.15) is 5.10 Å². The Morgan fingerprint density at radius 3 is 2.56 bits per heavy atom. The lowest BCUT2D eigenvalue weighted by molar-refractivity contribution is -0.0295. The fourth-order valence-corrected chi connectivity index (χ4v) is 3.39. The van der Waals surface area contributed by atoms with Crippen LogP contribution in [0.5, 0.6) is 0 Å². The first kappa shape index (κ1) is 13.9. The average molecular weight is 271 g/mol. The maximum absolute atomic E-state index is 11.0. The van der Waals surface area contributed by atoms with Gasteiger partial charge in [0, 0.05) is 6.04 Å². The molecule has 1 aliphatic rings. The van der Waals surface area contributed by atoms with Crippen LogP contribution in [0.2, 0.25) is 5.02 Å². The molecule has 18 heavy (non-hydrogen) atoms. The van der Waals surface area contributed by atoms with Crippen LogP contribution in [0.4, 0.5) is 0 Å². The van der Waals surface area contributed by atoms with Gasteiger partial charge in [0.2, 0.25) is 0 Å². The highest BCUT2D eigenvalue weighted by atomic mass is 35.5. The van der Waals surface area contributed by atoms with Gasteiger partial charge in [-0.25, -0.2) is 0 Å². The minimum atomic E-state index is -0.877. The summed E-state index contributed by atoms with van der Waals surface area (Å²) in [6, 6.07) is 0.211.